The van der Waals surface area contributed by atoms with Crippen LogP contribution >= 0.6 is 0 Å². The molecule has 0 aromatic rings. The lowest BCUT2D eigenvalue weighted by Gasteiger charge is -2.24. The highest BCUT2D eigenvalue weighted by Gasteiger charge is 2.24. The van der Waals surface area contributed by atoms with E-state index in [9.17, 15) is 19.8 Å². The molecule has 1 amide bonds. The van der Waals surface area contributed by atoms with E-state index in [4.69, 9.17) is 4.74 Å². The van der Waals surface area contributed by atoms with Crippen LogP contribution < -0.4 is 5.32 Å². The Morgan fingerprint density at radius 2 is 0.797 bits per heavy atom. The topological polar surface area (TPSA) is 95.9 Å². The second-order valence-corrected chi connectivity index (χ2v) is 19.4. The molecule has 6 nitrogen and oxygen atoms in total. The number of carbonyl (C=O) groups excluding carboxylic acids is 2. The Balaban J connectivity index is 4.58. The Labute approximate surface area is 398 Å². The molecule has 0 heterocycles. The molecule has 0 bridgehead atoms. The van der Waals surface area contributed by atoms with Crippen LogP contribution in [0.15, 0.2) is 36.5 Å². The van der Waals surface area contributed by atoms with Crippen LogP contribution in [-0.2, 0) is 14.3 Å². The number of aliphatic hydroxyl groups is 2. The molecular formula is C58H109NO5. The molecule has 3 N–H and O–H groups in total. The third-order valence-corrected chi connectivity index (χ3v) is 13.0. The summed E-state index contributed by atoms with van der Waals surface area (Å²) < 4.78 is 5.94. The fourth-order valence-corrected chi connectivity index (χ4v) is 8.73. The van der Waals surface area contributed by atoms with Crippen molar-refractivity contribution in [1.29, 1.82) is 0 Å². The molecule has 64 heavy (non-hydrogen) atoms. The normalized spacial score (nSPS) is 13.4. The average molecular weight is 901 g/mol. The van der Waals surface area contributed by atoms with Gasteiger partial charge in [0, 0.05) is 6.42 Å². The maximum Gasteiger partial charge on any atom is 0.306 e. The van der Waals surface area contributed by atoms with Gasteiger partial charge in [-0.15, -0.1) is 0 Å². The van der Waals surface area contributed by atoms with E-state index in [0.717, 1.165) is 70.6 Å². The van der Waals surface area contributed by atoms with Crippen molar-refractivity contribution in [2.75, 3.05) is 6.61 Å². The number of nitrogens with one attached hydrogen (secondary N) is 1. The average Bonchev–Trinajstić information content (AvgIpc) is 3.29. The minimum Gasteiger partial charge on any atom is -0.462 e. The van der Waals surface area contributed by atoms with Crippen molar-refractivity contribution in [3.8, 4) is 0 Å². The zero-order valence-corrected chi connectivity index (χ0v) is 42.9. The van der Waals surface area contributed by atoms with Crippen LogP contribution in [0.25, 0.3) is 0 Å². The zero-order valence-electron chi connectivity index (χ0n) is 42.9. The van der Waals surface area contributed by atoms with Crippen LogP contribution in [0.5, 0.6) is 0 Å². The second-order valence-electron chi connectivity index (χ2n) is 19.4. The van der Waals surface area contributed by atoms with E-state index in [2.05, 4.69) is 62.5 Å². The molecule has 0 saturated carbocycles. The molecule has 0 fully saturated rings. The highest BCUT2D eigenvalue weighted by Crippen LogP contribution is 2.18. The molecule has 0 aliphatic carbocycles. The van der Waals surface area contributed by atoms with Crippen LogP contribution in [0, 0.1) is 0 Å². The number of aliphatic hydroxyl groups excluding tert-OH is 2. The van der Waals surface area contributed by atoms with Gasteiger partial charge in [-0.05, 0) is 51.4 Å². The van der Waals surface area contributed by atoms with Crippen LogP contribution in [0.3, 0.4) is 0 Å². The third-order valence-electron chi connectivity index (χ3n) is 13.0. The van der Waals surface area contributed by atoms with Crippen molar-refractivity contribution in [3.63, 3.8) is 0 Å². The van der Waals surface area contributed by atoms with Crippen LogP contribution in [-0.4, -0.2) is 46.9 Å². The number of carbonyl (C=O) groups is 2. The SMILES string of the molecule is CCCCCCC/C=C/C=C/C=C/CCCCCC(CC(=O)NC(CO)C(O)CCCCCCCCCCCCC)OC(=O)CCCCCCCCCCCCCCCCCCCC. The molecule has 3 unspecified atom stereocenters. The van der Waals surface area contributed by atoms with E-state index >= 15 is 0 Å². The first kappa shape index (κ1) is 62.1. The van der Waals surface area contributed by atoms with Crippen molar-refractivity contribution in [1.82, 2.24) is 5.32 Å². The maximum atomic E-state index is 13.2. The Morgan fingerprint density at radius 1 is 0.453 bits per heavy atom. The summed E-state index contributed by atoms with van der Waals surface area (Å²) in [7, 11) is 0. The Kier molecular flexibility index (Phi) is 50.5. The zero-order chi connectivity index (χ0) is 46.7. The van der Waals surface area contributed by atoms with E-state index in [0.29, 0.717) is 19.3 Å². The molecule has 0 aromatic heterocycles. The number of allylic oxidation sites excluding steroid dienone is 6. The summed E-state index contributed by atoms with van der Waals surface area (Å²) >= 11 is 0. The lowest BCUT2D eigenvalue weighted by atomic mass is 10.0. The highest BCUT2D eigenvalue weighted by molar-refractivity contribution is 5.77. The van der Waals surface area contributed by atoms with Crippen molar-refractivity contribution in [2.45, 2.75) is 315 Å². The summed E-state index contributed by atoms with van der Waals surface area (Å²) in [6, 6.07) is -0.710. The number of ether oxygens (including phenoxy) is 1. The van der Waals surface area contributed by atoms with E-state index in [-0.39, 0.29) is 24.9 Å². The third kappa shape index (κ3) is 46.6. The molecule has 376 valence electrons. The number of amides is 1. The maximum absolute atomic E-state index is 13.2. The summed E-state index contributed by atoms with van der Waals surface area (Å²) in [5.41, 5.74) is 0. The quantitative estimate of drug-likeness (QED) is 0.0321. The van der Waals surface area contributed by atoms with Gasteiger partial charge in [-0.25, -0.2) is 0 Å². The van der Waals surface area contributed by atoms with Crippen LogP contribution in [0.4, 0.5) is 0 Å². The van der Waals surface area contributed by atoms with Gasteiger partial charge in [-0.3, -0.25) is 9.59 Å². The Hall–Kier alpha value is -1.92. The molecule has 0 radical (unpaired) electrons. The lowest BCUT2D eigenvalue weighted by molar-refractivity contribution is -0.151. The Morgan fingerprint density at radius 3 is 1.20 bits per heavy atom. The molecule has 0 spiro atoms. The fourth-order valence-electron chi connectivity index (χ4n) is 8.73. The van der Waals surface area contributed by atoms with Crippen LogP contribution in [0.2, 0.25) is 0 Å². The predicted molar refractivity (Wildman–Crippen MR) is 278 cm³/mol. The standard InChI is InChI=1S/C58H109NO5/c1-4-7-10-13-16-19-22-24-26-28-29-31-33-36-39-42-45-48-51-58(63)64-54(49-46-43-40-37-35-32-30-27-25-23-20-17-14-11-8-5-2)52-57(62)59-55(53-60)56(61)50-47-44-41-38-34-21-18-15-12-9-6-3/h23,25,27,30,32,35,54-56,60-61H,4-22,24,26,28-29,31,33-34,36-53H2,1-3H3,(H,59,62)/b25-23+,30-27+,35-32+. The molecule has 0 aliphatic rings. The number of rotatable bonds is 51. The van der Waals surface area contributed by atoms with Gasteiger partial charge in [0.2, 0.25) is 5.91 Å². The summed E-state index contributed by atoms with van der Waals surface area (Å²) in [6.45, 7) is 6.48. The molecule has 0 aliphatic heterocycles. The molecular weight excluding hydrogens is 791 g/mol. The number of hydrogen-bond acceptors (Lipinski definition) is 5. The van der Waals surface area contributed by atoms with Crippen molar-refractivity contribution >= 4 is 11.9 Å². The molecule has 6 heteroatoms. The highest BCUT2D eigenvalue weighted by atomic mass is 16.5. The first-order valence-corrected chi connectivity index (χ1v) is 28.2. The minimum absolute atomic E-state index is 0.0590. The van der Waals surface area contributed by atoms with Crippen molar-refractivity contribution in [2.24, 2.45) is 0 Å². The molecule has 0 saturated heterocycles. The van der Waals surface area contributed by atoms with Gasteiger partial charge in [0.1, 0.15) is 6.10 Å². The van der Waals surface area contributed by atoms with Crippen molar-refractivity contribution < 1.29 is 24.5 Å². The van der Waals surface area contributed by atoms with Crippen molar-refractivity contribution in [3.05, 3.63) is 36.5 Å². The number of unbranched alkanes of at least 4 members (excludes halogenated alkanes) is 35. The minimum atomic E-state index is -0.794. The van der Waals surface area contributed by atoms with E-state index in [1.807, 2.05) is 0 Å². The summed E-state index contributed by atoms with van der Waals surface area (Å²) in [5.74, 6) is -0.493. The summed E-state index contributed by atoms with van der Waals surface area (Å²) in [4.78, 5) is 26.2. The van der Waals surface area contributed by atoms with Gasteiger partial charge < -0.3 is 20.3 Å². The van der Waals surface area contributed by atoms with Gasteiger partial charge in [0.05, 0.1) is 25.2 Å². The predicted octanol–water partition coefficient (Wildman–Crippen LogP) is 17.2. The van der Waals surface area contributed by atoms with E-state index in [1.165, 1.54) is 180 Å². The fraction of sp³-hybridized carbons (Fsp3) is 0.862. The molecule has 3 atom stereocenters. The van der Waals surface area contributed by atoms with Gasteiger partial charge in [-0.2, -0.15) is 0 Å². The smallest absolute Gasteiger partial charge is 0.306 e. The molecule has 0 rings (SSSR count). The molecule has 0 aromatic carbocycles. The van der Waals surface area contributed by atoms with E-state index in [1.54, 1.807) is 0 Å². The first-order chi connectivity index (χ1) is 31.5. The monoisotopic (exact) mass is 900 g/mol. The van der Waals surface area contributed by atoms with Crippen LogP contribution in [0.1, 0.15) is 297 Å². The van der Waals surface area contributed by atoms with Gasteiger partial charge in [0.25, 0.3) is 0 Å². The van der Waals surface area contributed by atoms with Gasteiger partial charge in [-0.1, -0.05) is 269 Å². The lowest BCUT2D eigenvalue weighted by Crippen LogP contribution is -2.46. The second kappa shape index (κ2) is 52.1. The first-order valence-electron chi connectivity index (χ1n) is 28.2. The van der Waals surface area contributed by atoms with Gasteiger partial charge in [0.15, 0.2) is 0 Å². The van der Waals surface area contributed by atoms with E-state index < -0.39 is 18.2 Å². The summed E-state index contributed by atoms with van der Waals surface area (Å²) in [6.07, 6.45) is 62.1. The number of esters is 1. The van der Waals surface area contributed by atoms with Gasteiger partial charge >= 0.3 is 5.97 Å². The summed E-state index contributed by atoms with van der Waals surface area (Å²) in [5, 5.41) is 23.8. The largest absolute Gasteiger partial charge is 0.462 e. The Bertz CT molecular complexity index is 1060. The number of hydrogen-bond donors (Lipinski definition) is 3.